The third-order valence-electron chi connectivity index (χ3n) is 4.51. The highest BCUT2D eigenvalue weighted by Crippen LogP contribution is 2.30. The second-order valence-electron chi connectivity index (χ2n) is 6.07. The number of piperidine rings is 1. The van der Waals surface area contributed by atoms with E-state index in [1.54, 1.807) is 0 Å². The second-order valence-corrected chi connectivity index (χ2v) is 6.07. The molecule has 2 fully saturated rings. The van der Waals surface area contributed by atoms with Gasteiger partial charge in [-0.25, -0.2) is 8.78 Å². The molecule has 0 amide bonds. The molecule has 1 atom stereocenters. The standard InChI is InChI=1S/C16H22F2N2/c1-11(16-14(17)3-2-4-15(16)18)19-12-7-9-20(10-8-12)13-5-6-13/h2-4,11-13,19H,5-10H2,1H3. The largest absolute Gasteiger partial charge is 0.307 e. The molecule has 1 aromatic rings. The fourth-order valence-electron chi connectivity index (χ4n) is 3.23. The average molecular weight is 280 g/mol. The zero-order chi connectivity index (χ0) is 14.1. The number of rotatable bonds is 4. The summed E-state index contributed by atoms with van der Waals surface area (Å²) in [6.07, 6.45) is 4.82. The summed E-state index contributed by atoms with van der Waals surface area (Å²) < 4.78 is 27.5. The van der Waals surface area contributed by atoms with Crippen LogP contribution in [0.3, 0.4) is 0 Å². The third-order valence-corrected chi connectivity index (χ3v) is 4.51. The topological polar surface area (TPSA) is 15.3 Å². The highest BCUT2D eigenvalue weighted by atomic mass is 19.1. The van der Waals surface area contributed by atoms with Crippen LogP contribution in [0.4, 0.5) is 8.78 Å². The molecular weight excluding hydrogens is 258 g/mol. The van der Waals surface area contributed by atoms with Crippen molar-refractivity contribution in [3.8, 4) is 0 Å². The van der Waals surface area contributed by atoms with Crippen molar-refractivity contribution in [1.29, 1.82) is 0 Å². The first-order valence-corrected chi connectivity index (χ1v) is 7.59. The smallest absolute Gasteiger partial charge is 0.130 e. The van der Waals surface area contributed by atoms with Crippen LogP contribution in [-0.4, -0.2) is 30.1 Å². The monoisotopic (exact) mass is 280 g/mol. The lowest BCUT2D eigenvalue weighted by atomic mass is 10.0. The van der Waals surface area contributed by atoms with Crippen LogP contribution in [0.15, 0.2) is 18.2 Å². The minimum Gasteiger partial charge on any atom is -0.307 e. The van der Waals surface area contributed by atoms with Crippen LogP contribution < -0.4 is 5.32 Å². The Morgan fingerprint density at radius 1 is 1.10 bits per heavy atom. The highest BCUT2D eigenvalue weighted by molar-refractivity contribution is 5.23. The first kappa shape index (κ1) is 14.0. The Bertz CT molecular complexity index is 445. The number of hydrogen-bond acceptors (Lipinski definition) is 2. The van der Waals surface area contributed by atoms with E-state index >= 15 is 0 Å². The van der Waals surface area contributed by atoms with Crippen LogP contribution in [-0.2, 0) is 0 Å². The zero-order valence-corrected chi connectivity index (χ0v) is 11.9. The van der Waals surface area contributed by atoms with Crippen LogP contribution in [0, 0.1) is 11.6 Å². The normalized spacial score (nSPS) is 22.9. The molecule has 1 saturated carbocycles. The Morgan fingerprint density at radius 2 is 1.70 bits per heavy atom. The van der Waals surface area contributed by atoms with Crippen molar-refractivity contribution in [1.82, 2.24) is 10.2 Å². The van der Waals surface area contributed by atoms with E-state index in [2.05, 4.69) is 10.2 Å². The van der Waals surface area contributed by atoms with Crippen molar-refractivity contribution in [3.05, 3.63) is 35.4 Å². The van der Waals surface area contributed by atoms with Crippen LogP contribution in [0.1, 0.15) is 44.2 Å². The lowest BCUT2D eigenvalue weighted by Crippen LogP contribution is -2.44. The number of nitrogens with one attached hydrogen (secondary N) is 1. The van der Waals surface area contributed by atoms with Crippen molar-refractivity contribution in [2.75, 3.05) is 13.1 Å². The van der Waals surface area contributed by atoms with Crippen LogP contribution in [0.2, 0.25) is 0 Å². The summed E-state index contributed by atoms with van der Waals surface area (Å²) in [5.41, 5.74) is 0.164. The highest BCUT2D eigenvalue weighted by Gasteiger charge is 2.32. The number of likely N-dealkylation sites (tertiary alicyclic amines) is 1. The van der Waals surface area contributed by atoms with Gasteiger partial charge in [-0.05, 0) is 57.8 Å². The maximum Gasteiger partial charge on any atom is 0.130 e. The van der Waals surface area contributed by atoms with Gasteiger partial charge in [-0.1, -0.05) is 6.07 Å². The predicted octanol–water partition coefficient (Wildman–Crippen LogP) is 3.24. The number of benzene rings is 1. The van der Waals surface area contributed by atoms with E-state index in [9.17, 15) is 8.78 Å². The van der Waals surface area contributed by atoms with E-state index in [0.29, 0.717) is 6.04 Å². The zero-order valence-electron chi connectivity index (χ0n) is 11.9. The molecule has 2 aliphatic rings. The summed E-state index contributed by atoms with van der Waals surface area (Å²) in [4.78, 5) is 2.55. The summed E-state index contributed by atoms with van der Waals surface area (Å²) in [5.74, 6) is -0.916. The summed E-state index contributed by atoms with van der Waals surface area (Å²) >= 11 is 0. The molecule has 3 rings (SSSR count). The molecule has 1 heterocycles. The lowest BCUT2D eigenvalue weighted by molar-refractivity contribution is 0.183. The second kappa shape index (κ2) is 5.78. The van der Waals surface area contributed by atoms with Crippen LogP contribution in [0.5, 0.6) is 0 Å². The maximum absolute atomic E-state index is 13.7. The van der Waals surface area contributed by atoms with E-state index in [1.165, 1.54) is 31.0 Å². The fourth-order valence-corrected chi connectivity index (χ4v) is 3.23. The molecule has 1 aromatic carbocycles. The van der Waals surface area contributed by atoms with Crippen molar-refractivity contribution in [3.63, 3.8) is 0 Å². The summed E-state index contributed by atoms with van der Waals surface area (Å²) in [5, 5.41) is 3.39. The van der Waals surface area contributed by atoms with Crippen molar-refractivity contribution in [2.24, 2.45) is 0 Å². The van der Waals surface area contributed by atoms with Crippen molar-refractivity contribution in [2.45, 2.75) is 50.7 Å². The Balaban J connectivity index is 1.57. The van der Waals surface area contributed by atoms with E-state index in [1.807, 2.05) is 6.92 Å². The fraction of sp³-hybridized carbons (Fsp3) is 0.625. The molecule has 0 spiro atoms. The minimum atomic E-state index is -0.458. The molecule has 0 bridgehead atoms. The SMILES string of the molecule is CC(NC1CCN(C2CC2)CC1)c1c(F)cccc1F. The quantitative estimate of drug-likeness (QED) is 0.911. The van der Waals surface area contributed by atoms with Crippen LogP contribution >= 0.6 is 0 Å². The molecule has 20 heavy (non-hydrogen) atoms. The molecule has 1 aliphatic carbocycles. The van der Waals surface area contributed by atoms with Gasteiger partial charge in [0.1, 0.15) is 11.6 Å². The van der Waals surface area contributed by atoms with Gasteiger partial charge in [0.05, 0.1) is 0 Å². The lowest BCUT2D eigenvalue weighted by Gasteiger charge is -2.34. The number of halogens is 2. The van der Waals surface area contributed by atoms with Gasteiger partial charge in [0.2, 0.25) is 0 Å². The Hall–Kier alpha value is -1.00. The number of hydrogen-bond donors (Lipinski definition) is 1. The molecule has 1 unspecified atom stereocenters. The molecular formula is C16H22F2N2. The molecule has 2 nitrogen and oxygen atoms in total. The average Bonchev–Trinajstić information content (AvgIpc) is 3.24. The van der Waals surface area contributed by atoms with Gasteiger partial charge in [-0.2, -0.15) is 0 Å². The van der Waals surface area contributed by atoms with E-state index < -0.39 is 11.6 Å². The first-order valence-electron chi connectivity index (χ1n) is 7.59. The van der Waals surface area contributed by atoms with E-state index in [-0.39, 0.29) is 11.6 Å². The predicted molar refractivity (Wildman–Crippen MR) is 75.5 cm³/mol. The minimum absolute atomic E-state index is 0.164. The first-order chi connectivity index (χ1) is 9.65. The van der Waals surface area contributed by atoms with Gasteiger partial charge in [-0.3, -0.25) is 0 Å². The van der Waals surface area contributed by atoms with Gasteiger partial charge >= 0.3 is 0 Å². The molecule has 1 aliphatic heterocycles. The van der Waals surface area contributed by atoms with Crippen molar-refractivity contribution < 1.29 is 8.78 Å². The van der Waals surface area contributed by atoms with Gasteiger partial charge in [-0.15, -0.1) is 0 Å². The van der Waals surface area contributed by atoms with Crippen LogP contribution in [0.25, 0.3) is 0 Å². The Morgan fingerprint density at radius 3 is 2.25 bits per heavy atom. The van der Waals surface area contributed by atoms with E-state index in [4.69, 9.17) is 0 Å². The molecule has 1 saturated heterocycles. The van der Waals surface area contributed by atoms with Crippen molar-refractivity contribution >= 4 is 0 Å². The molecule has 0 aromatic heterocycles. The summed E-state index contributed by atoms with van der Waals surface area (Å²) in [7, 11) is 0. The molecule has 1 N–H and O–H groups in total. The van der Waals surface area contributed by atoms with Gasteiger partial charge < -0.3 is 10.2 Å². The van der Waals surface area contributed by atoms with Gasteiger partial charge in [0.15, 0.2) is 0 Å². The maximum atomic E-state index is 13.7. The van der Waals surface area contributed by atoms with Gasteiger partial charge in [0, 0.05) is 23.7 Å². The molecule has 110 valence electrons. The van der Waals surface area contributed by atoms with Gasteiger partial charge in [0.25, 0.3) is 0 Å². The third kappa shape index (κ3) is 3.01. The summed E-state index contributed by atoms with van der Waals surface area (Å²) in [6, 6.07) is 4.96. The molecule has 4 heteroatoms. The molecule has 0 radical (unpaired) electrons. The Kier molecular flexibility index (Phi) is 4.03. The Labute approximate surface area is 119 Å². The number of nitrogens with zero attached hydrogens (tertiary/aromatic N) is 1. The summed E-state index contributed by atoms with van der Waals surface area (Å²) in [6.45, 7) is 4.05. The van der Waals surface area contributed by atoms with E-state index in [0.717, 1.165) is 32.0 Å².